The molecule has 0 radical (unpaired) electrons. The summed E-state index contributed by atoms with van der Waals surface area (Å²) < 4.78 is 15.5. The van der Waals surface area contributed by atoms with Gasteiger partial charge in [-0.2, -0.15) is 0 Å². The van der Waals surface area contributed by atoms with Crippen molar-refractivity contribution in [1.29, 1.82) is 0 Å². The Kier molecular flexibility index (Phi) is 6.17. The number of fused-ring (bicyclic) bond motifs is 1. The van der Waals surface area contributed by atoms with E-state index >= 15 is 0 Å². The fraction of sp³-hybridized carbons (Fsp3) is 0.529. The van der Waals surface area contributed by atoms with Crippen LogP contribution in [0.4, 0.5) is 0 Å². The van der Waals surface area contributed by atoms with E-state index in [4.69, 9.17) is 22.1 Å². The molecule has 2 heterocycles. The average Bonchev–Trinajstić information content (AvgIpc) is 2.40. The Hall–Kier alpha value is -1.24. The third kappa shape index (κ3) is 4.88. The van der Waals surface area contributed by atoms with Gasteiger partial charge in [0.05, 0.1) is 5.39 Å². The number of ether oxygens (including phenoxy) is 1. The summed E-state index contributed by atoms with van der Waals surface area (Å²) in [5, 5.41) is 2.28. The molecule has 1 saturated carbocycles. The van der Waals surface area contributed by atoms with Gasteiger partial charge in [0, 0.05) is 41.2 Å². The minimum Gasteiger partial charge on any atom is -0.474 e. The lowest BCUT2D eigenvalue weighted by molar-refractivity contribution is 0.116. The first-order valence-electron chi connectivity index (χ1n) is 7.84. The van der Waals surface area contributed by atoms with Gasteiger partial charge in [0.25, 0.3) is 0 Å². The molecule has 2 aromatic heterocycles. The van der Waals surface area contributed by atoms with E-state index in [1.807, 2.05) is 19.9 Å². The predicted molar refractivity (Wildman–Crippen MR) is 100 cm³/mol. The van der Waals surface area contributed by atoms with E-state index in [9.17, 15) is 4.21 Å². The lowest BCUT2D eigenvalue weighted by atomic mass is 9.93. The second-order valence-electron chi connectivity index (χ2n) is 6.66. The standard InChI is InChI=1S/C15H18ClN3O.C2H6OS/c1-15(2,17)12-8-19-14(20-9-4-3-5-9)11-7-18-13(16)6-10(11)12;1-4(2)3/h6-9H,3-5,17H2,1-2H3;1-2H3. The molecule has 0 unspecified atom stereocenters. The van der Waals surface area contributed by atoms with Crippen LogP contribution in [0, 0.1) is 0 Å². The average molecular weight is 370 g/mol. The van der Waals surface area contributed by atoms with Crippen molar-refractivity contribution in [3.05, 3.63) is 29.2 Å². The van der Waals surface area contributed by atoms with E-state index < -0.39 is 16.3 Å². The first-order chi connectivity index (χ1) is 11.2. The van der Waals surface area contributed by atoms with Crippen molar-refractivity contribution in [1.82, 2.24) is 9.97 Å². The van der Waals surface area contributed by atoms with Gasteiger partial charge in [0.15, 0.2) is 0 Å². The molecule has 2 N–H and O–H groups in total. The van der Waals surface area contributed by atoms with E-state index in [1.165, 1.54) is 6.42 Å². The van der Waals surface area contributed by atoms with Gasteiger partial charge in [0.1, 0.15) is 11.3 Å². The maximum atomic E-state index is 9.56. The molecular weight excluding hydrogens is 346 g/mol. The molecule has 3 rings (SSSR count). The predicted octanol–water partition coefficient (Wildman–Crippen LogP) is 3.40. The molecule has 0 aliphatic heterocycles. The molecule has 0 atom stereocenters. The normalized spacial score (nSPS) is 15.0. The number of hydrogen-bond donors (Lipinski definition) is 1. The van der Waals surface area contributed by atoms with Crippen LogP contribution in [0.3, 0.4) is 0 Å². The highest BCUT2D eigenvalue weighted by molar-refractivity contribution is 7.83. The van der Waals surface area contributed by atoms with E-state index in [0.29, 0.717) is 11.0 Å². The summed E-state index contributed by atoms with van der Waals surface area (Å²) in [6.07, 6.45) is 10.5. The molecule has 7 heteroatoms. The monoisotopic (exact) mass is 369 g/mol. The Morgan fingerprint density at radius 1 is 1.25 bits per heavy atom. The van der Waals surface area contributed by atoms with Gasteiger partial charge in [-0.25, -0.2) is 9.97 Å². The highest BCUT2D eigenvalue weighted by Gasteiger charge is 2.24. The molecule has 24 heavy (non-hydrogen) atoms. The number of rotatable bonds is 3. The third-order valence-corrected chi connectivity index (χ3v) is 3.93. The lowest BCUT2D eigenvalue weighted by Gasteiger charge is -2.27. The Morgan fingerprint density at radius 2 is 1.88 bits per heavy atom. The van der Waals surface area contributed by atoms with Crippen molar-refractivity contribution in [3.63, 3.8) is 0 Å². The molecule has 1 aliphatic rings. The summed E-state index contributed by atoms with van der Waals surface area (Å²) in [5.41, 5.74) is 6.66. The van der Waals surface area contributed by atoms with Gasteiger partial charge in [-0.3, -0.25) is 4.21 Å². The zero-order chi connectivity index (χ0) is 17.9. The zero-order valence-corrected chi connectivity index (χ0v) is 16.1. The molecule has 0 bridgehead atoms. The second kappa shape index (κ2) is 7.76. The number of nitrogens with zero attached hydrogens (tertiary/aromatic N) is 2. The summed E-state index contributed by atoms with van der Waals surface area (Å²) >= 11 is 6.02. The van der Waals surface area contributed by atoms with Gasteiger partial charge in [-0.05, 0) is 50.1 Å². The van der Waals surface area contributed by atoms with Crippen molar-refractivity contribution >= 4 is 33.2 Å². The summed E-state index contributed by atoms with van der Waals surface area (Å²) in [6, 6.07) is 1.83. The van der Waals surface area contributed by atoms with Gasteiger partial charge >= 0.3 is 0 Å². The van der Waals surface area contributed by atoms with Gasteiger partial charge < -0.3 is 10.5 Å². The Morgan fingerprint density at radius 3 is 2.38 bits per heavy atom. The number of halogens is 1. The third-order valence-electron chi connectivity index (χ3n) is 3.73. The number of hydrogen-bond acceptors (Lipinski definition) is 5. The Balaban J connectivity index is 0.000000471. The van der Waals surface area contributed by atoms with Crippen LogP contribution in [0.1, 0.15) is 38.7 Å². The smallest absolute Gasteiger partial charge is 0.223 e. The maximum Gasteiger partial charge on any atom is 0.223 e. The molecule has 1 aliphatic carbocycles. The van der Waals surface area contributed by atoms with Crippen LogP contribution in [0.15, 0.2) is 18.5 Å². The quantitative estimate of drug-likeness (QED) is 0.839. The second-order valence-corrected chi connectivity index (χ2v) is 8.53. The molecule has 2 aromatic rings. The van der Waals surface area contributed by atoms with Crippen LogP contribution in [0.25, 0.3) is 10.8 Å². The van der Waals surface area contributed by atoms with Gasteiger partial charge in [0.2, 0.25) is 5.88 Å². The van der Waals surface area contributed by atoms with Crippen molar-refractivity contribution in [2.75, 3.05) is 12.5 Å². The summed E-state index contributed by atoms with van der Waals surface area (Å²) in [7, 11) is -0.611. The van der Waals surface area contributed by atoms with Crippen LogP contribution >= 0.6 is 11.6 Å². The van der Waals surface area contributed by atoms with Crippen LogP contribution in [-0.4, -0.2) is 32.8 Å². The highest BCUT2D eigenvalue weighted by Crippen LogP contribution is 2.34. The highest BCUT2D eigenvalue weighted by atomic mass is 35.5. The summed E-state index contributed by atoms with van der Waals surface area (Å²) in [6.45, 7) is 3.90. The van der Waals surface area contributed by atoms with E-state index in [0.717, 1.165) is 29.2 Å². The summed E-state index contributed by atoms with van der Waals surface area (Å²) in [4.78, 5) is 8.59. The van der Waals surface area contributed by atoms with Crippen molar-refractivity contribution in [2.24, 2.45) is 5.73 Å². The molecule has 0 aromatic carbocycles. The fourth-order valence-electron chi connectivity index (χ4n) is 2.34. The number of nitrogens with two attached hydrogens (primary N) is 1. The van der Waals surface area contributed by atoms with Crippen molar-refractivity contribution in [3.8, 4) is 5.88 Å². The number of pyridine rings is 2. The van der Waals surface area contributed by atoms with E-state index in [2.05, 4.69) is 9.97 Å². The van der Waals surface area contributed by atoms with Crippen molar-refractivity contribution in [2.45, 2.75) is 44.8 Å². The molecule has 0 spiro atoms. The van der Waals surface area contributed by atoms with E-state index in [1.54, 1.807) is 24.9 Å². The molecule has 132 valence electrons. The van der Waals surface area contributed by atoms with E-state index in [-0.39, 0.29) is 6.10 Å². The molecule has 1 fully saturated rings. The molecule has 5 nitrogen and oxygen atoms in total. The van der Waals surface area contributed by atoms with Gasteiger partial charge in [-0.1, -0.05) is 11.6 Å². The van der Waals surface area contributed by atoms with Crippen molar-refractivity contribution < 1.29 is 8.95 Å². The minimum atomic E-state index is -0.611. The first kappa shape index (κ1) is 19.1. The topological polar surface area (TPSA) is 78.1 Å². The largest absolute Gasteiger partial charge is 0.474 e. The molecular formula is C17H24ClN3O2S. The summed E-state index contributed by atoms with van der Waals surface area (Å²) in [5.74, 6) is 0.627. The maximum absolute atomic E-state index is 9.56. The van der Waals surface area contributed by atoms with Crippen LogP contribution in [-0.2, 0) is 16.3 Å². The Bertz CT molecular complexity index is 738. The Labute approximate surface area is 150 Å². The first-order valence-corrected chi connectivity index (χ1v) is 10.2. The lowest BCUT2D eigenvalue weighted by Crippen LogP contribution is -2.29. The minimum absolute atomic E-state index is 0.276. The zero-order valence-electron chi connectivity index (χ0n) is 14.5. The van der Waals surface area contributed by atoms with Crippen LogP contribution < -0.4 is 10.5 Å². The van der Waals surface area contributed by atoms with Crippen LogP contribution in [0.2, 0.25) is 5.15 Å². The SMILES string of the molecule is CC(C)(N)c1cnc(OC2CCC2)c2cnc(Cl)cc12.CS(C)=O. The van der Waals surface area contributed by atoms with Crippen LogP contribution in [0.5, 0.6) is 5.88 Å². The molecule has 0 amide bonds. The molecule has 0 saturated heterocycles. The van der Waals surface area contributed by atoms with Gasteiger partial charge in [-0.15, -0.1) is 0 Å². The fourth-order valence-corrected chi connectivity index (χ4v) is 2.50. The number of aromatic nitrogens is 2.